The Labute approximate surface area is 142 Å². The Balaban J connectivity index is 1.74. The van der Waals surface area contributed by atoms with Crippen LogP contribution >= 0.6 is 0 Å². The first-order valence-electron chi connectivity index (χ1n) is 7.56. The van der Waals surface area contributed by atoms with Gasteiger partial charge in [0.05, 0.1) is 12.5 Å². The molecule has 1 unspecified atom stereocenters. The SMILES string of the molecule is CC(OC(=O)c1cncn1-c1ccc(F)cc1)C(=O)N1CCNC1=O. The monoisotopic (exact) mass is 346 g/mol. The lowest BCUT2D eigenvalue weighted by atomic mass is 10.3. The molecule has 0 aliphatic carbocycles. The van der Waals surface area contributed by atoms with Crippen LogP contribution in [0.3, 0.4) is 0 Å². The lowest BCUT2D eigenvalue weighted by molar-refractivity contribution is -0.136. The molecule has 2 aromatic rings. The molecule has 9 heteroatoms. The average molecular weight is 346 g/mol. The second kappa shape index (κ2) is 6.71. The fourth-order valence-corrected chi connectivity index (χ4v) is 2.43. The van der Waals surface area contributed by atoms with Crippen molar-refractivity contribution in [2.45, 2.75) is 13.0 Å². The van der Waals surface area contributed by atoms with Gasteiger partial charge in [0.2, 0.25) is 0 Å². The van der Waals surface area contributed by atoms with Crippen molar-refractivity contribution >= 4 is 17.9 Å². The van der Waals surface area contributed by atoms with Crippen molar-refractivity contribution in [1.29, 1.82) is 0 Å². The molecule has 1 N–H and O–H groups in total. The number of amides is 3. The maximum absolute atomic E-state index is 13.0. The van der Waals surface area contributed by atoms with Crippen molar-refractivity contribution in [2.75, 3.05) is 13.1 Å². The number of carbonyl (C=O) groups excluding carboxylic acids is 3. The topological polar surface area (TPSA) is 93.5 Å². The third-order valence-electron chi connectivity index (χ3n) is 3.71. The minimum absolute atomic E-state index is 0.0807. The highest BCUT2D eigenvalue weighted by Crippen LogP contribution is 2.14. The van der Waals surface area contributed by atoms with Crippen LogP contribution in [0.15, 0.2) is 36.8 Å². The second-order valence-corrected chi connectivity index (χ2v) is 5.39. The Morgan fingerprint density at radius 3 is 2.68 bits per heavy atom. The predicted molar refractivity (Wildman–Crippen MR) is 83.5 cm³/mol. The van der Waals surface area contributed by atoms with Crippen LogP contribution in [0.5, 0.6) is 0 Å². The minimum atomic E-state index is -1.13. The van der Waals surface area contributed by atoms with Gasteiger partial charge in [0.1, 0.15) is 5.82 Å². The summed E-state index contributed by atoms with van der Waals surface area (Å²) in [6.45, 7) is 1.99. The molecule has 3 rings (SSSR count). The Morgan fingerprint density at radius 2 is 2.04 bits per heavy atom. The Bertz CT molecular complexity index is 818. The smallest absolute Gasteiger partial charge is 0.357 e. The third-order valence-corrected chi connectivity index (χ3v) is 3.71. The van der Waals surface area contributed by atoms with Gasteiger partial charge in [-0.3, -0.25) is 14.3 Å². The quantitative estimate of drug-likeness (QED) is 0.837. The van der Waals surface area contributed by atoms with Gasteiger partial charge in [-0.1, -0.05) is 0 Å². The van der Waals surface area contributed by atoms with E-state index in [-0.39, 0.29) is 12.2 Å². The van der Waals surface area contributed by atoms with Crippen LogP contribution in [0.4, 0.5) is 9.18 Å². The average Bonchev–Trinajstić information content (AvgIpc) is 3.23. The van der Waals surface area contributed by atoms with Gasteiger partial charge in [0.25, 0.3) is 5.91 Å². The number of esters is 1. The first-order valence-corrected chi connectivity index (χ1v) is 7.56. The molecule has 1 aliphatic heterocycles. The Morgan fingerprint density at radius 1 is 1.32 bits per heavy atom. The van der Waals surface area contributed by atoms with Gasteiger partial charge in [-0.25, -0.2) is 19.0 Å². The van der Waals surface area contributed by atoms with Crippen molar-refractivity contribution in [1.82, 2.24) is 19.8 Å². The first-order chi connectivity index (χ1) is 12.0. The summed E-state index contributed by atoms with van der Waals surface area (Å²) in [6, 6.07) is 4.96. The van der Waals surface area contributed by atoms with E-state index >= 15 is 0 Å². The molecule has 0 spiro atoms. The summed E-state index contributed by atoms with van der Waals surface area (Å²) in [5, 5.41) is 2.50. The largest absolute Gasteiger partial charge is 0.448 e. The zero-order valence-electron chi connectivity index (χ0n) is 13.3. The van der Waals surface area contributed by atoms with Gasteiger partial charge in [-0.05, 0) is 31.2 Å². The molecule has 2 heterocycles. The van der Waals surface area contributed by atoms with Crippen LogP contribution < -0.4 is 5.32 Å². The summed E-state index contributed by atoms with van der Waals surface area (Å²) >= 11 is 0. The highest BCUT2D eigenvalue weighted by molar-refractivity contribution is 5.99. The fraction of sp³-hybridized carbons (Fsp3) is 0.250. The Kier molecular flexibility index (Phi) is 4.46. The maximum Gasteiger partial charge on any atom is 0.357 e. The summed E-state index contributed by atoms with van der Waals surface area (Å²) in [7, 11) is 0. The summed E-state index contributed by atoms with van der Waals surface area (Å²) in [5.41, 5.74) is 0.598. The number of imidazole rings is 1. The summed E-state index contributed by atoms with van der Waals surface area (Å²) in [4.78, 5) is 40.9. The second-order valence-electron chi connectivity index (χ2n) is 5.39. The van der Waals surface area contributed by atoms with E-state index in [0.717, 1.165) is 4.90 Å². The molecule has 0 saturated carbocycles. The molecule has 1 fully saturated rings. The van der Waals surface area contributed by atoms with E-state index in [9.17, 15) is 18.8 Å². The van der Waals surface area contributed by atoms with Gasteiger partial charge in [0, 0.05) is 18.8 Å². The summed E-state index contributed by atoms with van der Waals surface area (Å²) < 4.78 is 19.6. The molecule has 1 saturated heterocycles. The highest BCUT2D eigenvalue weighted by Gasteiger charge is 2.32. The standard InChI is InChI=1S/C16H15FN4O4/c1-10(14(22)20-7-6-19-16(20)24)25-15(23)13-8-18-9-21(13)12-4-2-11(17)3-5-12/h2-5,8-10H,6-7H2,1H3,(H,19,24). The number of rotatable bonds is 4. The van der Waals surface area contributed by atoms with Gasteiger partial charge in [-0.15, -0.1) is 0 Å². The van der Waals surface area contributed by atoms with Crippen molar-refractivity contribution < 1.29 is 23.5 Å². The Hall–Kier alpha value is -3.23. The van der Waals surface area contributed by atoms with E-state index in [1.165, 1.54) is 48.3 Å². The van der Waals surface area contributed by atoms with E-state index in [1.807, 2.05) is 0 Å². The summed E-state index contributed by atoms with van der Waals surface area (Å²) in [5.74, 6) is -1.78. The van der Waals surface area contributed by atoms with E-state index in [1.54, 1.807) is 0 Å². The maximum atomic E-state index is 13.0. The molecule has 3 amide bonds. The van der Waals surface area contributed by atoms with Crippen LogP contribution in [-0.4, -0.2) is 51.6 Å². The minimum Gasteiger partial charge on any atom is -0.448 e. The molecular formula is C16H15FN4O4. The first kappa shape index (κ1) is 16.6. The number of hydrogen-bond donors (Lipinski definition) is 1. The summed E-state index contributed by atoms with van der Waals surface area (Å²) in [6.07, 6.45) is 1.53. The number of ether oxygens (including phenoxy) is 1. The number of carbonyl (C=O) groups is 3. The molecule has 1 aliphatic rings. The number of urea groups is 1. The van der Waals surface area contributed by atoms with E-state index < -0.39 is 29.8 Å². The van der Waals surface area contributed by atoms with Gasteiger partial charge >= 0.3 is 12.0 Å². The molecular weight excluding hydrogens is 331 g/mol. The van der Waals surface area contributed by atoms with Crippen molar-refractivity contribution in [3.05, 3.63) is 48.3 Å². The number of benzene rings is 1. The molecule has 1 aromatic heterocycles. The number of hydrogen-bond acceptors (Lipinski definition) is 5. The van der Waals surface area contributed by atoms with Crippen molar-refractivity contribution in [3.63, 3.8) is 0 Å². The lowest BCUT2D eigenvalue weighted by Gasteiger charge is -2.18. The van der Waals surface area contributed by atoms with Crippen LogP contribution in [-0.2, 0) is 9.53 Å². The molecule has 1 aromatic carbocycles. The molecule has 25 heavy (non-hydrogen) atoms. The zero-order valence-corrected chi connectivity index (χ0v) is 13.3. The van der Waals surface area contributed by atoms with Crippen LogP contribution in [0.2, 0.25) is 0 Å². The number of imide groups is 1. The number of nitrogens with one attached hydrogen (secondary N) is 1. The normalized spacial score (nSPS) is 15.0. The van der Waals surface area contributed by atoms with Gasteiger partial charge in [-0.2, -0.15) is 0 Å². The van der Waals surface area contributed by atoms with E-state index in [0.29, 0.717) is 12.2 Å². The number of halogens is 1. The van der Waals surface area contributed by atoms with E-state index in [2.05, 4.69) is 10.3 Å². The van der Waals surface area contributed by atoms with Crippen molar-refractivity contribution in [3.8, 4) is 5.69 Å². The molecule has 130 valence electrons. The van der Waals surface area contributed by atoms with Crippen LogP contribution in [0.25, 0.3) is 5.69 Å². The fourth-order valence-electron chi connectivity index (χ4n) is 2.43. The van der Waals surface area contributed by atoms with Crippen LogP contribution in [0.1, 0.15) is 17.4 Å². The molecule has 1 atom stereocenters. The van der Waals surface area contributed by atoms with Crippen LogP contribution in [0, 0.1) is 5.82 Å². The molecule has 8 nitrogen and oxygen atoms in total. The third kappa shape index (κ3) is 3.35. The van der Waals surface area contributed by atoms with Gasteiger partial charge < -0.3 is 10.1 Å². The molecule has 0 radical (unpaired) electrons. The van der Waals surface area contributed by atoms with Gasteiger partial charge in [0.15, 0.2) is 11.8 Å². The van der Waals surface area contributed by atoms with Crippen molar-refractivity contribution in [2.24, 2.45) is 0 Å². The highest BCUT2D eigenvalue weighted by atomic mass is 19.1. The number of nitrogens with zero attached hydrogens (tertiary/aromatic N) is 3. The predicted octanol–water partition coefficient (Wildman–Crippen LogP) is 1.11. The zero-order chi connectivity index (χ0) is 18.0. The molecule has 0 bridgehead atoms. The lowest BCUT2D eigenvalue weighted by Crippen LogP contribution is -2.41. The van der Waals surface area contributed by atoms with E-state index in [4.69, 9.17) is 4.74 Å². The number of aromatic nitrogens is 2.